The summed E-state index contributed by atoms with van der Waals surface area (Å²) in [6.07, 6.45) is 1.72. The zero-order valence-electron chi connectivity index (χ0n) is 16.3. The number of aromatic nitrogens is 3. The fraction of sp³-hybridized carbons (Fsp3) is 0.381. The summed E-state index contributed by atoms with van der Waals surface area (Å²) >= 11 is 0. The molecule has 0 unspecified atom stereocenters. The van der Waals surface area contributed by atoms with Gasteiger partial charge in [-0.3, -0.25) is 9.69 Å². The van der Waals surface area contributed by atoms with E-state index >= 15 is 0 Å². The molecular weight excluding hydrogens is 373 g/mol. The summed E-state index contributed by atoms with van der Waals surface area (Å²) in [5.74, 6) is 0.310. The summed E-state index contributed by atoms with van der Waals surface area (Å²) in [6, 6.07) is 12.2. The highest BCUT2D eigenvalue weighted by molar-refractivity contribution is 5.93. The average Bonchev–Trinajstić information content (AvgIpc) is 3.13. The number of ether oxygens (including phenoxy) is 1. The second-order valence-electron chi connectivity index (χ2n) is 7.15. The number of halogens is 1. The third-order valence-electron chi connectivity index (χ3n) is 5.16. The predicted molar refractivity (Wildman–Crippen MR) is 108 cm³/mol. The molecule has 1 saturated heterocycles. The van der Waals surface area contributed by atoms with Crippen molar-refractivity contribution in [3.05, 3.63) is 48.3 Å². The molecule has 2 aromatic carbocycles. The summed E-state index contributed by atoms with van der Waals surface area (Å²) in [7, 11) is 0. The molecule has 1 aromatic heterocycles. The molecule has 4 rings (SSSR count). The van der Waals surface area contributed by atoms with Gasteiger partial charge in [-0.2, -0.15) is 0 Å². The van der Waals surface area contributed by atoms with E-state index in [1.807, 2.05) is 35.9 Å². The van der Waals surface area contributed by atoms with Crippen LogP contribution in [-0.2, 0) is 4.79 Å². The van der Waals surface area contributed by atoms with E-state index in [-0.39, 0.29) is 17.8 Å². The third kappa shape index (κ3) is 4.37. The molecule has 0 radical (unpaired) electrons. The van der Waals surface area contributed by atoms with E-state index < -0.39 is 0 Å². The molecule has 29 heavy (non-hydrogen) atoms. The van der Waals surface area contributed by atoms with Crippen molar-refractivity contribution in [3.63, 3.8) is 0 Å². The smallest absolute Gasteiger partial charge is 0.238 e. The Morgan fingerprint density at radius 3 is 2.83 bits per heavy atom. The molecular formula is C21H24FN5O2. The zero-order chi connectivity index (χ0) is 20.2. The van der Waals surface area contributed by atoms with E-state index in [0.717, 1.165) is 31.4 Å². The highest BCUT2D eigenvalue weighted by Crippen LogP contribution is 2.26. The Hall–Kier alpha value is -3.00. The summed E-state index contributed by atoms with van der Waals surface area (Å²) in [5, 5.41) is 11.2. The fourth-order valence-corrected chi connectivity index (χ4v) is 3.75. The first kappa shape index (κ1) is 19.3. The van der Waals surface area contributed by atoms with Gasteiger partial charge in [0.05, 0.1) is 30.4 Å². The Morgan fingerprint density at radius 2 is 2.03 bits per heavy atom. The lowest BCUT2D eigenvalue weighted by Crippen LogP contribution is -2.39. The summed E-state index contributed by atoms with van der Waals surface area (Å²) in [6.45, 7) is 4.36. The van der Waals surface area contributed by atoms with E-state index in [1.54, 1.807) is 6.07 Å². The molecule has 0 spiro atoms. The molecule has 3 aromatic rings. The lowest BCUT2D eigenvalue weighted by atomic mass is 10.0. The first-order valence-electron chi connectivity index (χ1n) is 9.88. The van der Waals surface area contributed by atoms with Gasteiger partial charge in [0.25, 0.3) is 0 Å². The molecule has 1 N–H and O–H groups in total. The number of hydrogen-bond donors (Lipinski definition) is 1. The number of piperidine rings is 1. The van der Waals surface area contributed by atoms with E-state index in [1.165, 1.54) is 12.1 Å². The average molecular weight is 397 g/mol. The molecule has 1 aliphatic heterocycles. The highest BCUT2D eigenvalue weighted by Gasteiger charge is 2.24. The first-order valence-corrected chi connectivity index (χ1v) is 9.88. The van der Waals surface area contributed by atoms with Gasteiger partial charge in [0.1, 0.15) is 17.1 Å². The monoisotopic (exact) mass is 397 g/mol. The number of hydrogen-bond acceptors (Lipinski definition) is 5. The number of para-hydroxylation sites is 2. The number of rotatable bonds is 6. The number of amides is 1. The minimum atomic E-state index is -0.309. The SMILES string of the molecule is CCOc1ccccc1NC(=O)CN1CCC(n2nnc3cc(F)ccc32)CC1. The number of benzene rings is 2. The molecule has 2 heterocycles. The largest absolute Gasteiger partial charge is 0.492 e. The van der Waals surface area contributed by atoms with Crippen LogP contribution in [0, 0.1) is 5.82 Å². The minimum absolute atomic E-state index is 0.0581. The Bertz CT molecular complexity index is 998. The van der Waals surface area contributed by atoms with Crippen LogP contribution in [0.5, 0.6) is 5.75 Å². The number of nitrogens with zero attached hydrogens (tertiary/aromatic N) is 4. The van der Waals surface area contributed by atoms with Crippen LogP contribution >= 0.6 is 0 Å². The second-order valence-corrected chi connectivity index (χ2v) is 7.15. The molecule has 0 atom stereocenters. The molecule has 1 aliphatic rings. The van der Waals surface area contributed by atoms with Gasteiger partial charge in [0.15, 0.2) is 0 Å². The molecule has 0 aliphatic carbocycles. The normalized spacial score (nSPS) is 15.5. The van der Waals surface area contributed by atoms with Gasteiger partial charge >= 0.3 is 0 Å². The van der Waals surface area contributed by atoms with Gasteiger partial charge in [-0.15, -0.1) is 5.10 Å². The standard InChI is InChI=1S/C21H24FN5O2/c1-2-29-20-6-4-3-5-17(20)23-21(28)14-26-11-9-16(10-12-26)27-19-8-7-15(22)13-18(19)24-25-27/h3-8,13,16H,2,9-12,14H2,1H3,(H,23,28). The van der Waals surface area contributed by atoms with Crippen molar-refractivity contribution in [3.8, 4) is 5.75 Å². The first-order chi connectivity index (χ1) is 14.1. The van der Waals surface area contributed by atoms with Crippen molar-refractivity contribution >= 4 is 22.6 Å². The molecule has 0 saturated carbocycles. The molecule has 0 bridgehead atoms. The number of carbonyl (C=O) groups is 1. The van der Waals surface area contributed by atoms with Crippen LogP contribution in [0.25, 0.3) is 11.0 Å². The van der Waals surface area contributed by atoms with E-state index in [4.69, 9.17) is 4.74 Å². The maximum absolute atomic E-state index is 13.4. The third-order valence-corrected chi connectivity index (χ3v) is 5.16. The van der Waals surface area contributed by atoms with Gasteiger partial charge in [0, 0.05) is 19.2 Å². The van der Waals surface area contributed by atoms with Crippen LogP contribution in [0.15, 0.2) is 42.5 Å². The number of nitrogens with one attached hydrogen (secondary N) is 1. The van der Waals surface area contributed by atoms with Crippen molar-refractivity contribution in [2.24, 2.45) is 0 Å². The van der Waals surface area contributed by atoms with Crippen LogP contribution in [0.3, 0.4) is 0 Å². The van der Waals surface area contributed by atoms with Crippen LogP contribution in [0.1, 0.15) is 25.8 Å². The number of anilines is 1. The van der Waals surface area contributed by atoms with Crippen LogP contribution in [-0.4, -0.2) is 52.0 Å². The lowest BCUT2D eigenvalue weighted by Gasteiger charge is -2.31. The Labute approximate surface area is 168 Å². The maximum Gasteiger partial charge on any atom is 0.238 e. The maximum atomic E-state index is 13.4. The van der Waals surface area contributed by atoms with Crippen molar-refractivity contribution in [2.45, 2.75) is 25.8 Å². The van der Waals surface area contributed by atoms with Gasteiger partial charge in [-0.05, 0) is 44.0 Å². The summed E-state index contributed by atoms with van der Waals surface area (Å²) < 4.78 is 20.8. The van der Waals surface area contributed by atoms with E-state index in [2.05, 4.69) is 20.5 Å². The molecule has 1 amide bonds. The molecule has 152 valence electrons. The number of carbonyl (C=O) groups excluding carboxylic acids is 1. The lowest BCUT2D eigenvalue weighted by molar-refractivity contribution is -0.117. The van der Waals surface area contributed by atoms with Crippen LogP contribution < -0.4 is 10.1 Å². The van der Waals surface area contributed by atoms with Crippen molar-refractivity contribution in [1.29, 1.82) is 0 Å². The minimum Gasteiger partial charge on any atom is -0.492 e. The molecule has 1 fully saturated rings. The van der Waals surface area contributed by atoms with Crippen LogP contribution in [0.4, 0.5) is 10.1 Å². The fourth-order valence-electron chi connectivity index (χ4n) is 3.75. The predicted octanol–water partition coefficient (Wildman–Crippen LogP) is 3.24. The Morgan fingerprint density at radius 1 is 1.24 bits per heavy atom. The van der Waals surface area contributed by atoms with Crippen LogP contribution in [0.2, 0.25) is 0 Å². The Kier molecular flexibility index (Phi) is 5.71. The van der Waals surface area contributed by atoms with Gasteiger partial charge in [-0.1, -0.05) is 17.3 Å². The van der Waals surface area contributed by atoms with Crippen molar-refractivity contribution in [1.82, 2.24) is 19.9 Å². The van der Waals surface area contributed by atoms with Crippen molar-refractivity contribution in [2.75, 3.05) is 31.6 Å². The topological polar surface area (TPSA) is 72.3 Å². The van der Waals surface area contributed by atoms with Gasteiger partial charge in [0.2, 0.25) is 5.91 Å². The number of likely N-dealkylation sites (tertiary alicyclic amines) is 1. The Balaban J connectivity index is 1.33. The van der Waals surface area contributed by atoms with E-state index in [0.29, 0.717) is 30.1 Å². The summed E-state index contributed by atoms with van der Waals surface area (Å²) in [5.41, 5.74) is 2.10. The molecule has 7 nitrogen and oxygen atoms in total. The number of fused-ring (bicyclic) bond motifs is 1. The molecule has 8 heteroatoms. The summed E-state index contributed by atoms with van der Waals surface area (Å²) in [4.78, 5) is 14.6. The highest BCUT2D eigenvalue weighted by atomic mass is 19.1. The van der Waals surface area contributed by atoms with Gasteiger partial charge in [-0.25, -0.2) is 9.07 Å². The van der Waals surface area contributed by atoms with Gasteiger partial charge < -0.3 is 10.1 Å². The van der Waals surface area contributed by atoms with E-state index in [9.17, 15) is 9.18 Å². The van der Waals surface area contributed by atoms with Crippen molar-refractivity contribution < 1.29 is 13.9 Å². The quantitative estimate of drug-likeness (QED) is 0.691. The zero-order valence-corrected chi connectivity index (χ0v) is 16.3. The second kappa shape index (κ2) is 8.57.